The highest BCUT2D eigenvalue weighted by molar-refractivity contribution is 6.02. The van der Waals surface area contributed by atoms with Gasteiger partial charge in [-0.3, -0.25) is 4.79 Å². The van der Waals surface area contributed by atoms with E-state index >= 15 is 0 Å². The van der Waals surface area contributed by atoms with Crippen LogP contribution in [-0.2, 0) is 4.74 Å². The largest absolute Gasteiger partial charge is 0.462 e. The van der Waals surface area contributed by atoms with Crippen LogP contribution in [0.2, 0.25) is 0 Å². The van der Waals surface area contributed by atoms with Gasteiger partial charge in [-0.2, -0.15) is 5.10 Å². The lowest BCUT2D eigenvalue weighted by Crippen LogP contribution is -2.18. The van der Waals surface area contributed by atoms with Crippen molar-refractivity contribution in [1.29, 1.82) is 0 Å². The normalized spacial score (nSPS) is 11.2. The number of imidazole rings is 1. The molecule has 0 fully saturated rings. The number of aromatic nitrogens is 3. The van der Waals surface area contributed by atoms with E-state index in [4.69, 9.17) is 4.74 Å². The van der Waals surface area contributed by atoms with Crippen LogP contribution in [0.15, 0.2) is 66.0 Å². The molecule has 0 saturated heterocycles. The molecule has 8 heteroatoms. The highest BCUT2D eigenvalue weighted by Crippen LogP contribution is 2.26. The Morgan fingerprint density at radius 2 is 1.84 bits per heavy atom. The second-order valence-corrected chi connectivity index (χ2v) is 7.14. The third-order valence-electron chi connectivity index (χ3n) is 5.14. The maximum Gasteiger partial charge on any atom is 0.340 e. The van der Waals surface area contributed by atoms with Crippen LogP contribution in [0.3, 0.4) is 0 Å². The molecule has 1 N–H and O–H groups in total. The molecule has 0 saturated carbocycles. The third-order valence-corrected chi connectivity index (χ3v) is 5.14. The van der Waals surface area contributed by atoms with Crippen molar-refractivity contribution >= 4 is 23.7 Å². The smallest absolute Gasteiger partial charge is 0.340 e. The van der Waals surface area contributed by atoms with E-state index in [0.717, 1.165) is 17.1 Å². The molecule has 1 aromatic carbocycles. The lowest BCUT2D eigenvalue weighted by atomic mass is 10.1. The molecule has 3 aromatic heterocycles. The Morgan fingerprint density at radius 3 is 2.56 bits per heavy atom. The highest BCUT2D eigenvalue weighted by Gasteiger charge is 2.24. The first kappa shape index (κ1) is 21.0. The van der Waals surface area contributed by atoms with Crippen LogP contribution in [0.25, 0.3) is 11.3 Å². The summed E-state index contributed by atoms with van der Waals surface area (Å²) in [6, 6.07) is 15.2. The molecule has 4 rings (SSSR count). The molecule has 4 aromatic rings. The number of hydrogen-bond donors (Lipinski definition) is 1. The molecular formula is C24H23N5O3. The van der Waals surface area contributed by atoms with Gasteiger partial charge < -0.3 is 13.7 Å². The number of amides is 1. The van der Waals surface area contributed by atoms with Crippen LogP contribution >= 0.6 is 0 Å². The van der Waals surface area contributed by atoms with E-state index in [2.05, 4.69) is 15.5 Å². The predicted octanol–water partition coefficient (Wildman–Crippen LogP) is 3.68. The molecule has 0 radical (unpaired) electrons. The number of hydrazone groups is 1. The Labute approximate surface area is 185 Å². The Bertz CT molecular complexity index is 1290. The van der Waals surface area contributed by atoms with Crippen molar-refractivity contribution in [1.82, 2.24) is 19.4 Å². The second-order valence-electron chi connectivity index (χ2n) is 7.14. The number of nitrogens with zero attached hydrogens (tertiary/aromatic N) is 4. The fraction of sp³-hybridized carbons (Fsp3) is 0.167. The highest BCUT2D eigenvalue weighted by atomic mass is 16.5. The first-order chi connectivity index (χ1) is 15.5. The standard InChI is InChI=1S/C24H23N5O3/c1-4-32-24(31)22-17(3)29(18-10-6-5-7-11-18)16(2)19(22)14-25-27-23(30)20-15-28-13-9-8-12-21(28)26-20/h5-15H,4H2,1-3H3,(H,27,30)/b25-14+. The van der Waals surface area contributed by atoms with Crippen molar-refractivity contribution in [3.05, 3.63) is 89.1 Å². The predicted molar refractivity (Wildman–Crippen MR) is 121 cm³/mol. The Kier molecular flexibility index (Phi) is 5.85. The van der Waals surface area contributed by atoms with E-state index in [-0.39, 0.29) is 12.3 Å². The summed E-state index contributed by atoms with van der Waals surface area (Å²) in [5.41, 5.74) is 6.87. The van der Waals surface area contributed by atoms with Gasteiger partial charge in [-0.05, 0) is 45.0 Å². The van der Waals surface area contributed by atoms with E-state index in [0.29, 0.717) is 16.8 Å². The van der Waals surface area contributed by atoms with Gasteiger partial charge in [-0.25, -0.2) is 15.2 Å². The monoisotopic (exact) mass is 429 g/mol. The minimum absolute atomic E-state index is 0.244. The van der Waals surface area contributed by atoms with Crippen molar-refractivity contribution in [2.75, 3.05) is 6.61 Å². The number of carbonyl (C=O) groups is 2. The van der Waals surface area contributed by atoms with Gasteiger partial charge in [0.1, 0.15) is 11.3 Å². The summed E-state index contributed by atoms with van der Waals surface area (Å²) in [4.78, 5) is 29.5. The molecule has 0 unspecified atom stereocenters. The molecule has 0 aliphatic carbocycles. The molecule has 0 aliphatic heterocycles. The van der Waals surface area contributed by atoms with Gasteiger partial charge in [0.15, 0.2) is 0 Å². The number of fused-ring (bicyclic) bond motifs is 1. The molecule has 8 nitrogen and oxygen atoms in total. The Balaban J connectivity index is 1.66. The first-order valence-corrected chi connectivity index (χ1v) is 10.2. The Morgan fingerprint density at radius 1 is 1.09 bits per heavy atom. The van der Waals surface area contributed by atoms with E-state index in [9.17, 15) is 9.59 Å². The van der Waals surface area contributed by atoms with Crippen LogP contribution in [0.5, 0.6) is 0 Å². The lowest BCUT2D eigenvalue weighted by Gasteiger charge is -2.09. The van der Waals surface area contributed by atoms with Gasteiger partial charge in [0.2, 0.25) is 0 Å². The molecule has 3 heterocycles. The van der Waals surface area contributed by atoms with Crippen molar-refractivity contribution in [3.63, 3.8) is 0 Å². The topological polar surface area (TPSA) is 90.0 Å². The van der Waals surface area contributed by atoms with Crippen molar-refractivity contribution in [3.8, 4) is 5.69 Å². The van der Waals surface area contributed by atoms with Crippen molar-refractivity contribution in [2.45, 2.75) is 20.8 Å². The van der Waals surface area contributed by atoms with Crippen LogP contribution in [0, 0.1) is 13.8 Å². The van der Waals surface area contributed by atoms with Gasteiger partial charge in [0.25, 0.3) is 5.91 Å². The minimum atomic E-state index is -0.445. The number of rotatable bonds is 6. The van der Waals surface area contributed by atoms with Gasteiger partial charge in [0.05, 0.1) is 18.4 Å². The van der Waals surface area contributed by atoms with Gasteiger partial charge >= 0.3 is 5.97 Å². The number of pyridine rings is 1. The molecule has 1 amide bonds. The Hall–Kier alpha value is -4.20. The van der Waals surface area contributed by atoms with Crippen LogP contribution in [0.1, 0.15) is 44.7 Å². The molecule has 162 valence electrons. The molecule has 0 aliphatic rings. The number of benzene rings is 1. The van der Waals surface area contributed by atoms with E-state index in [1.165, 1.54) is 6.21 Å². The van der Waals surface area contributed by atoms with Crippen molar-refractivity contribution in [2.24, 2.45) is 5.10 Å². The average Bonchev–Trinajstić information content (AvgIpc) is 3.33. The minimum Gasteiger partial charge on any atom is -0.462 e. The molecule has 0 spiro atoms. The maximum atomic E-state index is 12.7. The van der Waals surface area contributed by atoms with Gasteiger partial charge in [-0.1, -0.05) is 24.3 Å². The second kappa shape index (κ2) is 8.89. The first-order valence-electron chi connectivity index (χ1n) is 10.2. The number of nitrogens with one attached hydrogen (secondary N) is 1. The fourth-order valence-electron chi connectivity index (χ4n) is 3.70. The van der Waals surface area contributed by atoms with E-state index < -0.39 is 11.9 Å². The average molecular weight is 429 g/mol. The maximum absolute atomic E-state index is 12.7. The summed E-state index contributed by atoms with van der Waals surface area (Å²) in [5.74, 6) is -0.879. The van der Waals surface area contributed by atoms with E-state index in [1.54, 1.807) is 17.5 Å². The fourth-order valence-corrected chi connectivity index (χ4v) is 3.70. The summed E-state index contributed by atoms with van der Waals surface area (Å²) in [6.45, 7) is 5.78. The molecular weight excluding hydrogens is 406 g/mol. The third kappa shape index (κ3) is 3.90. The zero-order valence-electron chi connectivity index (χ0n) is 18.1. The van der Waals surface area contributed by atoms with Crippen LogP contribution in [0.4, 0.5) is 0 Å². The quantitative estimate of drug-likeness (QED) is 0.288. The van der Waals surface area contributed by atoms with Crippen molar-refractivity contribution < 1.29 is 14.3 Å². The zero-order chi connectivity index (χ0) is 22.7. The lowest BCUT2D eigenvalue weighted by molar-refractivity contribution is 0.0525. The zero-order valence-corrected chi connectivity index (χ0v) is 18.1. The number of esters is 1. The summed E-state index contributed by atoms with van der Waals surface area (Å²) >= 11 is 0. The number of para-hydroxylation sites is 1. The van der Waals surface area contributed by atoms with Crippen LogP contribution in [-0.4, -0.2) is 38.6 Å². The molecule has 0 bridgehead atoms. The van der Waals surface area contributed by atoms with Gasteiger partial charge in [0, 0.05) is 35.0 Å². The summed E-state index contributed by atoms with van der Waals surface area (Å²) < 4.78 is 8.99. The summed E-state index contributed by atoms with van der Waals surface area (Å²) in [5, 5.41) is 4.11. The number of carbonyl (C=O) groups excluding carboxylic acids is 2. The molecule has 32 heavy (non-hydrogen) atoms. The van der Waals surface area contributed by atoms with E-state index in [1.807, 2.05) is 73.1 Å². The summed E-state index contributed by atoms with van der Waals surface area (Å²) in [6.07, 6.45) is 4.92. The molecule has 0 atom stereocenters. The van der Waals surface area contributed by atoms with Gasteiger partial charge in [-0.15, -0.1) is 0 Å². The SMILES string of the molecule is CCOC(=O)c1c(/C=N/NC(=O)c2cn3ccccc3n2)c(C)n(-c2ccccc2)c1C. The number of ether oxygens (including phenoxy) is 1. The van der Waals surface area contributed by atoms with Crippen LogP contribution < -0.4 is 5.43 Å². The number of hydrogen-bond acceptors (Lipinski definition) is 5. The summed E-state index contributed by atoms with van der Waals surface area (Å²) in [7, 11) is 0.